The second-order valence-corrected chi connectivity index (χ2v) is 4.36. The Hall–Kier alpha value is -2.97. The zero-order valence-electron chi connectivity index (χ0n) is 12.2. The fourth-order valence-electron chi connectivity index (χ4n) is 1.99. The van der Waals surface area contributed by atoms with Crippen LogP contribution in [0.5, 0.6) is 0 Å². The first-order valence-electron chi connectivity index (χ1n) is 6.56. The second-order valence-electron chi connectivity index (χ2n) is 4.36. The average Bonchev–Trinajstić information content (AvgIpc) is 3.14. The van der Waals surface area contributed by atoms with Gasteiger partial charge in [-0.05, 0) is 17.2 Å². The van der Waals surface area contributed by atoms with Gasteiger partial charge in [0.1, 0.15) is 0 Å². The molecule has 0 aliphatic rings. The number of hydrogen-bond acceptors (Lipinski definition) is 4. The van der Waals surface area contributed by atoms with E-state index in [1.807, 2.05) is 6.07 Å². The Morgan fingerprint density at radius 1 is 0.917 bits per heavy atom. The molecule has 1 aromatic heterocycles. The summed E-state index contributed by atoms with van der Waals surface area (Å²) in [7, 11) is 0. The van der Waals surface area contributed by atoms with Gasteiger partial charge in [0.15, 0.2) is 0 Å². The van der Waals surface area contributed by atoms with Crippen molar-refractivity contribution in [2.24, 2.45) is 0 Å². The molecule has 0 spiro atoms. The Labute approximate surface area is 147 Å². The number of aromatic carboxylic acids is 2. The van der Waals surface area contributed by atoms with Crippen LogP contribution in [0.1, 0.15) is 20.7 Å². The first kappa shape index (κ1) is 19.1. The van der Waals surface area contributed by atoms with E-state index >= 15 is 0 Å². The maximum absolute atomic E-state index is 11.3. The van der Waals surface area contributed by atoms with E-state index in [0.29, 0.717) is 11.1 Å². The van der Waals surface area contributed by atoms with Crippen LogP contribution in [0.3, 0.4) is 0 Å². The zero-order chi connectivity index (χ0) is 16.7. The summed E-state index contributed by atoms with van der Waals surface area (Å²) in [6.45, 7) is 0. The minimum absolute atomic E-state index is 0. The quantitative estimate of drug-likeness (QED) is 0.653. The topological polar surface area (TPSA) is 116 Å². The van der Waals surface area contributed by atoms with Crippen LogP contribution in [0.4, 0.5) is 0 Å². The van der Waals surface area contributed by atoms with Gasteiger partial charge in [0.05, 0.1) is 17.3 Å². The van der Waals surface area contributed by atoms with Gasteiger partial charge < -0.3 is 10.2 Å². The zero-order valence-corrected chi connectivity index (χ0v) is 13.3. The third-order valence-corrected chi connectivity index (χ3v) is 2.92. The molecule has 0 amide bonds. The fraction of sp³-hybridized carbons (Fsp3) is 0. The SMILES string of the molecule is O=C(O)c1cccc(-c2ccccc2)c1C(=O)O.[Co].c1c[nH]nn1. The van der Waals surface area contributed by atoms with Crippen molar-refractivity contribution in [1.82, 2.24) is 15.4 Å². The number of rotatable bonds is 3. The normalized spacial score (nSPS) is 9.17. The fourth-order valence-corrected chi connectivity index (χ4v) is 1.99. The number of aromatic nitrogens is 3. The van der Waals surface area contributed by atoms with Crippen LogP contribution >= 0.6 is 0 Å². The van der Waals surface area contributed by atoms with Crippen LogP contribution in [0.25, 0.3) is 11.1 Å². The average molecular weight is 370 g/mol. The van der Waals surface area contributed by atoms with Gasteiger partial charge in [0.2, 0.25) is 0 Å². The van der Waals surface area contributed by atoms with E-state index < -0.39 is 11.9 Å². The molecule has 0 aliphatic heterocycles. The van der Waals surface area contributed by atoms with Crippen molar-refractivity contribution in [3.8, 4) is 11.1 Å². The third-order valence-electron chi connectivity index (χ3n) is 2.92. The number of hydrogen-bond donors (Lipinski definition) is 3. The van der Waals surface area contributed by atoms with Crippen molar-refractivity contribution in [1.29, 1.82) is 0 Å². The standard InChI is InChI=1S/C14H10O4.C2H3N3.Co/c15-13(16)11-8-4-7-10(12(11)14(17)18)9-5-2-1-3-6-9;1-2-4-5-3-1;/h1-8H,(H,15,16)(H,17,18);1-2H,(H,3,4,5);. The summed E-state index contributed by atoms with van der Waals surface area (Å²) in [5.41, 5.74) is 0.695. The summed E-state index contributed by atoms with van der Waals surface area (Å²) in [4.78, 5) is 22.3. The predicted octanol–water partition coefficient (Wildman–Crippen LogP) is 2.55. The van der Waals surface area contributed by atoms with Gasteiger partial charge in [-0.1, -0.05) is 47.7 Å². The predicted molar refractivity (Wildman–Crippen MR) is 82.2 cm³/mol. The van der Waals surface area contributed by atoms with Gasteiger partial charge in [-0.15, -0.1) is 5.10 Å². The van der Waals surface area contributed by atoms with Gasteiger partial charge in [-0.25, -0.2) is 9.59 Å². The first-order chi connectivity index (χ1) is 11.1. The number of benzene rings is 2. The van der Waals surface area contributed by atoms with Crippen molar-refractivity contribution in [2.75, 3.05) is 0 Å². The van der Waals surface area contributed by atoms with Crippen LogP contribution < -0.4 is 0 Å². The number of aromatic amines is 1. The van der Waals surface area contributed by atoms with E-state index in [1.54, 1.807) is 42.7 Å². The number of carboxylic acid groups (broad SMARTS) is 2. The summed E-state index contributed by atoms with van der Waals surface area (Å²) < 4.78 is 0. The monoisotopic (exact) mass is 370 g/mol. The van der Waals surface area contributed by atoms with Gasteiger partial charge in [0, 0.05) is 23.0 Å². The van der Waals surface area contributed by atoms with Crippen LogP contribution in [0.15, 0.2) is 60.9 Å². The molecule has 0 bridgehead atoms. The molecule has 24 heavy (non-hydrogen) atoms. The molecule has 7 nitrogen and oxygen atoms in total. The van der Waals surface area contributed by atoms with Crippen molar-refractivity contribution in [2.45, 2.75) is 0 Å². The summed E-state index contributed by atoms with van der Waals surface area (Å²) in [6, 6.07) is 13.3. The van der Waals surface area contributed by atoms with Crippen LogP contribution in [0.2, 0.25) is 0 Å². The molecule has 3 rings (SSSR count). The Morgan fingerprint density at radius 2 is 1.62 bits per heavy atom. The molecule has 125 valence electrons. The molecule has 1 radical (unpaired) electrons. The molecule has 0 saturated carbocycles. The van der Waals surface area contributed by atoms with Crippen LogP contribution in [-0.2, 0) is 16.8 Å². The van der Waals surface area contributed by atoms with E-state index in [1.165, 1.54) is 12.1 Å². The summed E-state index contributed by atoms with van der Waals surface area (Å²) >= 11 is 0. The van der Waals surface area contributed by atoms with E-state index in [9.17, 15) is 14.7 Å². The molecule has 1 heterocycles. The number of nitrogens with one attached hydrogen (secondary N) is 1. The number of carbonyl (C=O) groups is 2. The van der Waals surface area contributed by atoms with E-state index in [2.05, 4.69) is 15.4 Å². The van der Waals surface area contributed by atoms with E-state index in [4.69, 9.17) is 5.11 Å². The van der Waals surface area contributed by atoms with Crippen molar-refractivity contribution < 1.29 is 36.6 Å². The van der Waals surface area contributed by atoms with Crippen molar-refractivity contribution in [3.05, 3.63) is 72.1 Å². The maximum atomic E-state index is 11.3. The Morgan fingerprint density at radius 3 is 2.08 bits per heavy atom. The Balaban J connectivity index is 0.000000412. The summed E-state index contributed by atoms with van der Waals surface area (Å²) in [6.07, 6.45) is 3.24. The third kappa shape index (κ3) is 4.76. The molecule has 0 fully saturated rings. The molecule has 3 aromatic rings. The molecular weight excluding hydrogens is 357 g/mol. The molecular formula is C16H13CoN3O4. The molecule has 0 aliphatic carbocycles. The Bertz CT molecular complexity index is 775. The second kappa shape index (κ2) is 9.23. The van der Waals surface area contributed by atoms with Gasteiger partial charge in [0.25, 0.3) is 0 Å². The van der Waals surface area contributed by atoms with Crippen molar-refractivity contribution in [3.63, 3.8) is 0 Å². The molecule has 3 N–H and O–H groups in total. The van der Waals surface area contributed by atoms with Gasteiger partial charge in [-0.2, -0.15) is 0 Å². The first-order valence-corrected chi connectivity index (χ1v) is 6.56. The maximum Gasteiger partial charge on any atom is 0.337 e. The smallest absolute Gasteiger partial charge is 0.337 e. The molecule has 8 heteroatoms. The number of H-pyrrole nitrogens is 1. The summed E-state index contributed by atoms with van der Waals surface area (Å²) in [5, 5.41) is 27.5. The van der Waals surface area contributed by atoms with E-state index in [0.717, 1.165) is 0 Å². The van der Waals surface area contributed by atoms with Crippen LogP contribution in [0, 0.1) is 0 Å². The van der Waals surface area contributed by atoms with Crippen molar-refractivity contribution >= 4 is 11.9 Å². The molecule has 0 saturated heterocycles. The summed E-state index contributed by atoms with van der Waals surface area (Å²) in [5.74, 6) is -2.49. The Kier molecular flexibility index (Phi) is 7.34. The largest absolute Gasteiger partial charge is 0.478 e. The van der Waals surface area contributed by atoms with Crippen LogP contribution in [-0.4, -0.2) is 37.6 Å². The molecule has 2 aromatic carbocycles. The van der Waals surface area contributed by atoms with Gasteiger partial charge >= 0.3 is 11.9 Å². The molecule has 0 unspecified atom stereocenters. The molecule has 0 atom stereocenters. The van der Waals surface area contributed by atoms with Gasteiger partial charge in [-0.3, -0.25) is 5.10 Å². The van der Waals surface area contributed by atoms with E-state index in [-0.39, 0.29) is 27.9 Å². The minimum Gasteiger partial charge on any atom is -0.478 e. The number of carboxylic acids is 2. The number of nitrogens with zero attached hydrogens (tertiary/aromatic N) is 2. The minimum atomic E-state index is -1.25.